The lowest BCUT2D eigenvalue weighted by molar-refractivity contribution is 0.166. The Labute approximate surface area is 114 Å². The van der Waals surface area contributed by atoms with Crippen molar-refractivity contribution >= 4 is 0 Å². The van der Waals surface area contributed by atoms with Crippen molar-refractivity contribution in [3.8, 4) is 11.5 Å². The maximum Gasteiger partial charge on any atom is 0.166 e. The highest BCUT2D eigenvalue weighted by atomic mass is 16.6. The average molecular weight is 262 g/mol. The first-order valence-corrected chi connectivity index (χ1v) is 6.99. The lowest BCUT2D eigenvalue weighted by Gasteiger charge is -2.27. The van der Waals surface area contributed by atoms with E-state index in [2.05, 4.69) is 31.0 Å². The second-order valence-electron chi connectivity index (χ2n) is 5.67. The molecule has 0 saturated carbocycles. The summed E-state index contributed by atoms with van der Waals surface area (Å²) in [7, 11) is 2.17. The third-order valence-corrected chi connectivity index (χ3v) is 4.14. The summed E-state index contributed by atoms with van der Waals surface area (Å²) < 4.78 is 11.6. The van der Waals surface area contributed by atoms with E-state index in [-0.39, 0.29) is 0 Å². The average Bonchev–Trinajstić information content (AvgIpc) is 2.79. The number of nitrogens with two attached hydrogens (primary N) is 1. The predicted octanol–water partition coefficient (Wildman–Crippen LogP) is 1.72. The first kappa shape index (κ1) is 12.8. The molecule has 1 fully saturated rings. The first-order chi connectivity index (χ1) is 9.19. The molecule has 3 rings (SSSR count). The molecule has 0 radical (unpaired) electrons. The molecule has 0 aliphatic carbocycles. The van der Waals surface area contributed by atoms with E-state index < -0.39 is 0 Å². The quantitative estimate of drug-likeness (QED) is 0.881. The van der Waals surface area contributed by atoms with Crippen LogP contribution < -0.4 is 15.2 Å². The maximum atomic E-state index is 5.86. The van der Waals surface area contributed by atoms with E-state index in [1.165, 1.54) is 11.1 Å². The van der Waals surface area contributed by atoms with E-state index in [1.54, 1.807) is 0 Å². The molecule has 0 amide bonds. The lowest BCUT2D eigenvalue weighted by atomic mass is 9.97. The Morgan fingerprint density at radius 1 is 1.32 bits per heavy atom. The van der Waals surface area contributed by atoms with Gasteiger partial charge in [0.1, 0.15) is 13.2 Å². The fourth-order valence-corrected chi connectivity index (χ4v) is 3.21. The molecule has 19 heavy (non-hydrogen) atoms. The number of hydrogen-bond acceptors (Lipinski definition) is 4. The van der Waals surface area contributed by atoms with Crippen LogP contribution in [0, 0.1) is 12.8 Å². The van der Waals surface area contributed by atoms with Crippen LogP contribution in [-0.2, 0) is 0 Å². The van der Waals surface area contributed by atoms with Gasteiger partial charge in [0.25, 0.3) is 0 Å². The Kier molecular flexibility index (Phi) is 3.37. The standard InChI is InChI=1S/C15H22N2O2/c1-10-5-12(13-7-11(8-16)9-17(13)2)15-14(6-10)18-3-4-19-15/h5-6,11,13H,3-4,7-9,16H2,1-2H3. The van der Waals surface area contributed by atoms with Crippen LogP contribution in [0.1, 0.15) is 23.6 Å². The highest BCUT2D eigenvalue weighted by molar-refractivity contribution is 5.51. The maximum absolute atomic E-state index is 5.86. The molecule has 104 valence electrons. The van der Waals surface area contributed by atoms with Crippen LogP contribution in [0.2, 0.25) is 0 Å². The molecular formula is C15H22N2O2. The number of benzene rings is 1. The predicted molar refractivity (Wildman–Crippen MR) is 74.7 cm³/mol. The molecule has 4 nitrogen and oxygen atoms in total. The largest absolute Gasteiger partial charge is 0.486 e. The lowest BCUT2D eigenvalue weighted by Crippen LogP contribution is -2.22. The van der Waals surface area contributed by atoms with Crippen molar-refractivity contribution in [1.29, 1.82) is 0 Å². The molecule has 2 unspecified atom stereocenters. The molecule has 0 spiro atoms. The van der Waals surface area contributed by atoms with Gasteiger partial charge >= 0.3 is 0 Å². The number of hydrogen-bond donors (Lipinski definition) is 1. The highest BCUT2D eigenvalue weighted by Crippen LogP contribution is 2.44. The summed E-state index contributed by atoms with van der Waals surface area (Å²) in [6.45, 7) is 5.20. The Morgan fingerprint density at radius 2 is 2.11 bits per heavy atom. The van der Waals surface area contributed by atoms with Gasteiger partial charge in [-0.15, -0.1) is 0 Å². The number of rotatable bonds is 2. The van der Waals surface area contributed by atoms with Crippen molar-refractivity contribution < 1.29 is 9.47 Å². The smallest absolute Gasteiger partial charge is 0.166 e. The SMILES string of the molecule is Cc1cc2c(c(C3CC(CN)CN3C)c1)OCCO2. The zero-order chi connectivity index (χ0) is 13.4. The Balaban J connectivity index is 1.98. The molecule has 2 atom stereocenters. The number of likely N-dealkylation sites (tertiary alicyclic amines) is 1. The van der Waals surface area contributed by atoms with Crippen molar-refractivity contribution in [1.82, 2.24) is 4.90 Å². The van der Waals surface area contributed by atoms with Crippen LogP contribution in [0.25, 0.3) is 0 Å². The van der Waals surface area contributed by atoms with Crippen molar-refractivity contribution in [3.05, 3.63) is 23.3 Å². The molecule has 4 heteroatoms. The molecule has 2 N–H and O–H groups in total. The third kappa shape index (κ3) is 2.30. The fourth-order valence-electron chi connectivity index (χ4n) is 3.21. The summed E-state index contributed by atoms with van der Waals surface area (Å²) in [5.74, 6) is 2.41. The number of fused-ring (bicyclic) bond motifs is 1. The van der Waals surface area contributed by atoms with Gasteiger partial charge in [-0.2, -0.15) is 0 Å². The van der Waals surface area contributed by atoms with Gasteiger partial charge in [-0.25, -0.2) is 0 Å². The van der Waals surface area contributed by atoms with Gasteiger partial charge in [0.05, 0.1) is 0 Å². The van der Waals surface area contributed by atoms with E-state index in [4.69, 9.17) is 15.2 Å². The molecule has 1 aromatic rings. The minimum atomic E-state index is 0.392. The van der Waals surface area contributed by atoms with Crippen LogP contribution in [0.15, 0.2) is 12.1 Å². The van der Waals surface area contributed by atoms with Crippen LogP contribution in [0.4, 0.5) is 0 Å². The van der Waals surface area contributed by atoms with Gasteiger partial charge in [0.2, 0.25) is 0 Å². The summed E-state index contributed by atoms with van der Waals surface area (Å²) in [5, 5.41) is 0. The summed E-state index contributed by atoms with van der Waals surface area (Å²) in [5.41, 5.74) is 8.30. The Morgan fingerprint density at radius 3 is 2.84 bits per heavy atom. The molecule has 1 aromatic carbocycles. The molecule has 0 aromatic heterocycles. The monoisotopic (exact) mass is 262 g/mol. The van der Waals surface area contributed by atoms with Gasteiger partial charge in [-0.05, 0) is 44.5 Å². The summed E-state index contributed by atoms with van der Waals surface area (Å²) >= 11 is 0. The normalized spacial score (nSPS) is 26.7. The van der Waals surface area contributed by atoms with Crippen molar-refractivity contribution in [3.63, 3.8) is 0 Å². The van der Waals surface area contributed by atoms with Gasteiger partial charge in [-0.3, -0.25) is 4.90 Å². The molecule has 2 aliphatic heterocycles. The molecular weight excluding hydrogens is 240 g/mol. The second kappa shape index (κ2) is 5.02. The van der Waals surface area contributed by atoms with Crippen LogP contribution in [-0.4, -0.2) is 38.3 Å². The van der Waals surface area contributed by atoms with E-state index in [9.17, 15) is 0 Å². The minimum absolute atomic E-state index is 0.392. The first-order valence-electron chi connectivity index (χ1n) is 6.99. The highest BCUT2D eigenvalue weighted by Gasteiger charge is 2.33. The zero-order valence-electron chi connectivity index (χ0n) is 11.7. The van der Waals surface area contributed by atoms with E-state index >= 15 is 0 Å². The van der Waals surface area contributed by atoms with Gasteiger partial charge in [-0.1, -0.05) is 6.07 Å². The van der Waals surface area contributed by atoms with Crippen LogP contribution >= 0.6 is 0 Å². The van der Waals surface area contributed by atoms with Crippen LogP contribution in [0.5, 0.6) is 11.5 Å². The number of ether oxygens (including phenoxy) is 2. The summed E-state index contributed by atoms with van der Waals surface area (Å²) in [6, 6.07) is 4.69. The summed E-state index contributed by atoms with van der Waals surface area (Å²) in [6.07, 6.45) is 1.10. The van der Waals surface area contributed by atoms with E-state index in [0.29, 0.717) is 25.2 Å². The van der Waals surface area contributed by atoms with Crippen molar-refractivity contribution in [2.45, 2.75) is 19.4 Å². The van der Waals surface area contributed by atoms with E-state index in [1.807, 2.05) is 0 Å². The molecule has 2 heterocycles. The van der Waals surface area contributed by atoms with Crippen LogP contribution in [0.3, 0.4) is 0 Å². The summed E-state index contributed by atoms with van der Waals surface area (Å²) in [4.78, 5) is 2.38. The zero-order valence-corrected chi connectivity index (χ0v) is 11.7. The second-order valence-corrected chi connectivity index (χ2v) is 5.67. The van der Waals surface area contributed by atoms with Gasteiger partial charge in [0, 0.05) is 18.2 Å². The number of nitrogens with zero attached hydrogens (tertiary/aromatic N) is 1. The molecule has 0 bridgehead atoms. The topological polar surface area (TPSA) is 47.7 Å². The van der Waals surface area contributed by atoms with E-state index in [0.717, 1.165) is 31.0 Å². The Bertz CT molecular complexity index is 475. The van der Waals surface area contributed by atoms with Gasteiger partial charge < -0.3 is 15.2 Å². The molecule has 2 aliphatic rings. The van der Waals surface area contributed by atoms with Crippen molar-refractivity contribution in [2.24, 2.45) is 11.7 Å². The Hall–Kier alpha value is -1.26. The molecule has 1 saturated heterocycles. The number of aryl methyl sites for hydroxylation is 1. The van der Waals surface area contributed by atoms with Gasteiger partial charge in [0.15, 0.2) is 11.5 Å². The minimum Gasteiger partial charge on any atom is -0.486 e. The fraction of sp³-hybridized carbons (Fsp3) is 0.600. The third-order valence-electron chi connectivity index (χ3n) is 4.14. The van der Waals surface area contributed by atoms with Crippen molar-refractivity contribution in [2.75, 3.05) is 33.4 Å².